The number of aromatic amines is 1. The van der Waals surface area contributed by atoms with Crippen LogP contribution >= 0.6 is 0 Å². The Bertz CT molecular complexity index is 728. The van der Waals surface area contributed by atoms with Crippen molar-refractivity contribution in [2.24, 2.45) is 0 Å². The molecule has 1 saturated heterocycles. The van der Waals surface area contributed by atoms with Gasteiger partial charge in [0.05, 0.1) is 0 Å². The zero-order valence-corrected chi connectivity index (χ0v) is 15.1. The highest BCUT2D eigenvalue weighted by atomic mass is 16.3. The number of piperazine rings is 1. The van der Waals surface area contributed by atoms with Crippen molar-refractivity contribution >= 4 is 5.91 Å². The maximum Gasteiger partial charge on any atom is 0.275 e. The number of nitrogens with one attached hydrogen (secondary N) is 1. The number of rotatable bonds is 4. The molecule has 0 bridgehead atoms. The first-order valence-electron chi connectivity index (χ1n) is 8.80. The van der Waals surface area contributed by atoms with Gasteiger partial charge in [0.25, 0.3) is 5.91 Å². The summed E-state index contributed by atoms with van der Waals surface area (Å²) in [5.74, 6) is 0.322. The molecule has 1 fully saturated rings. The SMILES string of the molecule is Cc1n[nH]c(C(=O)N2CCN(Cc3ccc(C(C)C)cc3)CC2)c1O. The lowest BCUT2D eigenvalue weighted by molar-refractivity contribution is 0.0620. The fourth-order valence-corrected chi connectivity index (χ4v) is 3.11. The molecule has 0 unspecified atom stereocenters. The van der Waals surface area contributed by atoms with Crippen LogP contribution in [-0.2, 0) is 6.54 Å². The smallest absolute Gasteiger partial charge is 0.275 e. The minimum atomic E-state index is -0.181. The summed E-state index contributed by atoms with van der Waals surface area (Å²) in [5.41, 5.74) is 3.29. The molecule has 0 spiro atoms. The van der Waals surface area contributed by atoms with Gasteiger partial charge in [0.15, 0.2) is 11.4 Å². The van der Waals surface area contributed by atoms with Gasteiger partial charge in [-0.1, -0.05) is 38.1 Å². The zero-order valence-electron chi connectivity index (χ0n) is 15.1. The molecule has 25 heavy (non-hydrogen) atoms. The second-order valence-corrected chi connectivity index (χ2v) is 7.00. The Morgan fingerprint density at radius 3 is 2.36 bits per heavy atom. The molecule has 2 N–H and O–H groups in total. The predicted molar refractivity (Wildman–Crippen MR) is 96.7 cm³/mol. The summed E-state index contributed by atoms with van der Waals surface area (Å²) in [6.07, 6.45) is 0. The second-order valence-electron chi connectivity index (χ2n) is 7.00. The van der Waals surface area contributed by atoms with Gasteiger partial charge in [-0.2, -0.15) is 5.10 Å². The third kappa shape index (κ3) is 3.85. The van der Waals surface area contributed by atoms with Gasteiger partial charge in [0.2, 0.25) is 0 Å². The van der Waals surface area contributed by atoms with Gasteiger partial charge in [-0.3, -0.25) is 14.8 Å². The van der Waals surface area contributed by atoms with Crippen LogP contribution in [0.2, 0.25) is 0 Å². The van der Waals surface area contributed by atoms with E-state index >= 15 is 0 Å². The highest BCUT2D eigenvalue weighted by molar-refractivity contribution is 5.95. The van der Waals surface area contributed by atoms with Gasteiger partial charge in [0, 0.05) is 32.7 Å². The molecular formula is C19H26N4O2. The van der Waals surface area contributed by atoms with Gasteiger partial charge in [-0.05, 0) is 24.0 Å². The highest BCUT2D eigenvalue weighted by Crippen LogP contribution is 2.21. The van der Waals surface area contributed by atoms with Crippen LogP contribution < -0.4 is 0 Å². The van der Waals surface area contributed by atoms with E-state index in [1.54, 1.807) is 11.8 Å². The number of carbonyl (C=O) groups is 1. The van der Waals surface area contributed by atoms with Crippen molar-refractivity contribution in [2.45, 2.75) is 33.2 Å². The topological polar surface area (TPSA) is 72.5 Å². The first kappa shape index (κ1) is 17.5. The molecule has 6 heteroatoms. The van der Waals surface area contributed by atoms with Crippen LogP contribution in [-0.4, -0.2) is 57.2 Å². The molecule has 1 aliphatic rings. The molecule has 1 aromatic heterocycles. The molecule has 1 aliphatic heterocycles. The van der Waals surface area contributed by atoms with Crippen LogP contribution in [0, 0.1) is 6.92 Å². The number of hydrogen-bond donors (Lipinski definition) is 2. The van der Waals surface area contributed by atoms with Crippen LogP contribution in [0.25, 0.3) is 0 Å². The van der Waals surface area contributed by atoms with Gasteiger partial charge >= 0.3 is 0 Å². The third-order valence-corrected chi connectivity index (χ3v) is 4.84. The number of carbonyl (C=O) groups excluding carboxylic acids is 1. The van der Waals surface area contributed by atoms with Gasteiger partial charge in [0.1, 0.15) is 5.69 Å². The molecule has 6 nitrogen and oxygen atoms in total. The largest absolute Gasteiger partial charge is 0.504 e. The first-order valence-corrected chi connectivity index (χ1v) is 8.80. The number of amides is 1. The van der Waals surface area contributed by atoms with E-state index in [1.807, 2.05) is 0 Å². The van der Waals surface area contributed by atoms with E-state index < -0.39 is 0 Å². The number of hydrogen-bond acceptors (Lipinski definition) is 4. The summed E-state index contributed by atoms with van der Waals surface area (Å²) >= 11 is 0. The number of aryl methyl sites for hydroxylation is 1. The van der Waals surface area contributed by atoms with Crippen molar-refractivity contribution < 1.29 is 9.90 Å². The van der Waals surface area contributed by atoms with E-state index in [0.717, 1.165) is 19.6 Å². The van der Waals surface area contributed by atoms with Crippen molar-refractivity contribution in [1.29, 1.82) is 0 Å². The summed E-state index contributed by atoms with van der Waals surface area (Å²) in [7, 11) is 0. The standard InChI is InChI=1S/C19H26N4O2/c1-13(2)16-6-4-15(5-7-16)12-22-8-10-23(11-9-22)19(25)17-18(24)14(3)20-21-17/h4-7,13,24H,8-12H2,1-3H3,(H,20,21). The van der Waals surface area contributed by atoms with E-state index in [4.69, 9.17) is 0 Å². The van der Waals surface area contributed by atoms with Crippen LogP contribution in [0.1, 0.15) is 47.1 Å². The summed E-state index contributed by atoms with van der Waals surface area (Å²) in [4.78, 5) is 16.6. The number of aromatic nitrogens is 2. The zero-order chi connectivity index (χ0) is 18.0. The molecule has 1 amide bonds. The Labute approximate surface area is 148 Å². The van der Waals surface area contributed by atoms with Crippen molar-refractivity contribution in [3.05, 3.63) is 46.8 Å². The van der Waals surface area contributed by atoms with Gasteiger partial charge in [-0.15, -0.1) is 0 Å². The Morgan fingerprint density at radius 1 is 1.20 bits per heavy atom. The first-order chi connectivity index (χ1) is 12.0. The summed E-state index contributed by atoms with van der Waals surface area (Å²) in [5, 5.41) is 16.4. The number of benzene rings is 1. The molecule has 0 atom stereocenters. The van der Waals surface area contributed by atoms with E-state index in [0.29, 0.717) is 24.7 Å². The van der Waals surface area contributed by atoms with Crippen LogP contribution in [0.5, 0.6) is 5.75 Å². The van der Waals surface area contributed by atoms with Crippen LogP contribution in [0.15, 0.2) is 24.3 Å². The Kier molecular flexibility index (Phi) is 5.08. The quantitative estimate of drug-likeness (QED) is 0.895. The van der Waals surface area contributed by atoms with Crippen molar-refractivity contribution in [3.8, 4) is 5.75 Å². The van der Waals surface area contributed by atoms with E-state index in [1.165, 1.54) is 11.1 Å². The number of H-pyrrole nitrogens is 1. The Balaban J connectivity index is 1.55. The lowest BCUT2D eigenvalue weighted by Crippen LogP contribution is -2.48. The van der Waals surface area contributed by atoms with Crippen molar-refractivity contribution in [1.82, 2.24) is 20.0 Å². The number of nitrogens with zero attached hydrogens (tertiary/aromatic N) is 3. The molecule has 1 aromatic carbocycles. The molecule has 3 rings (SSSR count). The van der Waals surface area contributed by atoms with Crippen LogP contribution in [0.4, 0.5) is 0 Å². The van der Waals surface area contributed by atoms with E-state index in [2.05, 4.69) is 53.2 Å². The minimum Gasteiger partial charge on any atom is -0.504 e. The normalized spacial score (nSPS) is 15.8. The predicted octanol–water partition coefficient (Wildman–Crippen LogP) is 2.51. The molecule has 2 aromatic rings. The van der Waals surface area contributed by atoms with Crippen LogP contribution in [0.3, 0.4) is 0 Å². The van der Waals surface area contributed by atoms with Gasteiger partial charge in [-0.25, -0.2) is 0 Å². The summed E-state index contributed by atoms with van der Waals surface area (Å²) < 4.78 is 0. The fraction of sp³-hybridized carbons (Fsp3) is 0.474. The lowest BCUT2D eigenvalue weighted by Gasteiger charge is -2.34. The highest BCUT2D eigenvalue weighted by Gasteiger charge is 2.26. The van der Waals surface area contributed by atoms with E-state index in [-0.39, 0.29) is 17.4 Å². The lowest BCUT2D eigenvalue weighted by atomic mass is 10.0. The molecule has 0 saturated carbocycles. The summed E-state index contributed by atoms with van der Waals surface area (Å²) in [6, 6.07) is 8.78. The second kappa shape index (κ2) is 7.27. The molecule has 2 heterocycles. The van der Waals surface area contributed by atoms with Crippen molar-refractivity contribution in [3.63, 3.8) is 0 Å². The Morgan fingerprint density at radius 2 is 1.84 bits per heavy atom. The maximum absolute atomic E-state index is 12.5. The third-order valence-electron chi connectivity index (χ3n) is 4.84. The molecule has 0 radical (unpaired) electrons. The maximum atomic E-state index is 12.5. The summed E-state index contributed by atoms with van der Waals surface area (Å²) in [6.45, 7) is 9.92. The average Bonchev–Trinajstić information content (AvgIpc) is 2.94. The van der Waals surface area contributed by atoms with E-state index in [9.17, 15) is 9.90 Å². The van der Waals surface area contributed by atoms with Gasteiger partial charge < -0.3 is 10.0 Å². The van der Waals surface area contributed by atoms with Crippen molar-refractivity contribution in [2.75, 3.05) is 26.2 Å². The average molecular weight is 342 g/mol. The molecule has 0 aliphatic carbocycles. The monoisotopic (exact) mass is 342 g/mol. The fourth-order valence-electron chi connectivity index (χ4n) is 3.11. The molecule has 134 valence electrons. The number of aromatic hydroxyl groups is 1. The minimum absolute atomic E-state index is 0.0438. The molecular weight excluding hydrogens is 316 g/mol. The Hall–Kier alpha value is -2.34.